The SMILES string of the molecule is COc1ccc(CC(=O)NC(NC(=O)Cc2ccc(OC)cc2)c2ccc(OC)cc2)cc1. The van der Waals surface area contributed by atoms with Crippen molar-refractivity contribution in [3.05, 3.63) is 89.5 Å². The molecule has 0 atom stereocenters. The summed E-state index contributed by atoms with van der Waals surface area (Å²) in [6, 6.07) is 21.8. The molecule has 0 aromatic heterocycles. The van der Waals surface area contributed by atoms with Gasteiger partial charge in [0, 0.05) is 0 Å². The van der Waals surface area contributed by atoms with Crippen LogP contribution in [0.4, 0.5) is 0 Å². The highest BCUT2D eigenvalue weighted by Crippen LogP contribution is 2.18. The van der Waals surface area contributed by atoms with Crippen molar-refractivity contribution in [2.75, 3.05) is 21.3 Å². The van der Waals surface area contributed by atoms with Crippen LogP contribution in [0.15, 0.2) is 72.8 Å². The zero-order valence-corrected chi connectivity index (χ0v) is 19.0. The van der Waals surface area contributed by atoms with E-state index in [1.54, 1.807) is 57.7 Å². The zero-order valence-electron chi connectivity index (χ0n) is 19.0. The molecule has 3 aromatic carbocycles. The molecule has 0 aliphatic heterocycles. The normalized spacial score (nSPS) is 10.4. The molecule has 0 unspecified atom stereocenters. The maximum atomic E-state index is 12.8. The van der Waals surface area contributed by atoms with Gasteiger partial charge in [-0.1, -0.05) is 36.4 Å². The van der Waals surface area contributed by atoms with Crippen LogP contribution < -0.4 is 24.8 Å². The second-order valence-electron chi connectivity index (χ2n) is 7.39. The van der Waals surface area contributed by atoms with Gasteiger partial charge in [0.2, 0.25) is 11.8 Å². The van der Waals surface area contributed by atoms with Crippen molar-refractivity contribution in [1.82, 2.24) is 10.6 Å². The number of amides is 2. The standard InChI is InChI=1S/C26H28N2O5/c1-31-21-10-4-18(5-11-21)16-24(29)27-26(20-8-14-23(33-3)15-9-20)28-25(30)17-19-6-12-22(32-2)13-7-19/h4-15,26H,16-17H2,1-3H3,(H,27,29)(H,28,30). The average Bonchev–Trinajstić information content (AvgIpc) is 2.84. The van der Waals surface area contributed by atoms with E-state index in [2.05, 4.69) is 10.6 Å². The minimum Gasteiger partial charge on any atom is -0.497 e. The van der Waals surface area contributed by atoms with E-state index in [0.29, 0.717) is 5.75 Å². The molecule has 0 radical (unpaired) electrons. The van der Waals surface area contributed by atoms with E-state index in [9.17, 15) is 9.59 Å². The average molecular weight is 449 g/mol. The molecule has 0 bridgehead atoms. The lowest BCUT2D eigenvalue weighted by atomic mass is 10.1. The Labute approximate surface area is 193 Å². The Hall–Kier alpha value is -4.00. The predicted octanol–water partition coefficient (Wildman–Crippen LogP) is 3.43. The number of methoxy groups -OCH3 is 3. The number of ether oxygens (including phenoxy) is 3. The molecule has 0 fully saturated rings. The minimum absolute atomic E-state index is 0.172. The first kappa shape index (κ1) is 23.7. The van der Waals surface area contributed by atoms with Crippen LogP contribution in [0, 0.1) is 0 Å². The summed E-state index contributed by atoms with van der Waals surface area (Å²) in [5.74, 6) is 1.70. The van der Waals surface area contributed by atoms with Gasteiger partial charge in [-0.15, -0.1) is 0 Å². The van der Waals surface area contributed by atoms with Crippen molar-refractivity contribution in [1.29, 1.82) is 0 Å². The van der Waals surface area contributed by atoms with Crippen LogP contribution >= 0.6 is 0 Å². The maximum absolute atomic E-state index is 12.8. The third kappa shape index (κ3) is 7.00. The van der Waals surface area contributed by atoms with Gasteiger partial charge in [-0.3, -0.25) is 9.59 Å². The summed E-state index contributed by atoms with van der Waals surface area (Å²) in [5.41, 5.74) is 2.42. The monoisotopic (exact) mass is 448 g/mol. The smallest absolute Gasteiger partial charge is 0.226 e. The number of nitrogens with one attached hydrogen (secondary N) is 2. The van der Waals surface area contributed by atoms with E-state index < -0.39 is 6.17 Å². The summed E-state index contributed by atoms with van der Waals surface area (Å²) >= 11 is 0. The molecule has 0 aliphatic carbocycles. The molecule has 3 rings (SSSR count). The largest absolute Gasteiger partial charge is 0.497 e. The van der Waals surface area contributed by atoms with Crippen LogP contribution in [0.3, 0.4) is 0 Å². The van der Waals surface area contributed by atoms with E-state index >= 15 is 0 Å². The Kier molecular flexibility index (Phi) is 8.30. The van der Waals surface area contributed by atoms with E-state index in [-0.39, 0.29) is 24.7 Å². The van der Waals surface area contributed by atoms with Gasteiger partial charge < -0.3 is 24.8 Å². The molecule has 7 nitrogen and oxygen atoms in total. The van der Waals surface area contributed by atoms with Gasteiger partial charge in [-0.2, -0.15) is 0 Å². The van der Waals surface area contributed by atoms with Crippen LogP contribution in [-0.4, -0.2) is 33.1 Å². The maximum Gasteiger partial charge on any atom is 0.226 e. The third-order valence-electron chi connectivity index (χ3n) is 5.11. The first-order valence-corrected chi connectivity index (χ1v) is 10.5. The van der Waals surface area contributed by atoms with Crippen molar-refractivity contribution in [3.63, 3.8) is 0 Å². The lowest BCUT2D eigenvalue weighted by Crippen LogP contribution is -2.42. The Balaban J connectivity index is 1.70. The minimum atomic E-state index is -0.688. The molecule has 0 heterocycles. The van der Waals surface area contributed by atoms with Crippen LogP contribution in [0.25, 0.3) is 0 Å². The molecule has 7 heteroatoms. The summed E-state index contributed by atoms with van der Waals surface area (Å²) in [5, 5.41) is 5.84. The molecule has 2 N–H and O–H groups in total. The number of rotatable bonds is 10. The summed E-state index contributed by atoms with van der Waals surface area (Å²) in [4.78, 5) is 25.5. The van der Waals surface area contributed by atoms with Crippen molar-refractivity contribution >= 4 is 11.8 Å². The molecule has 2 amide bonds. The Morgan fingerprint density at radius 3 is 1.27 bits per heavy atom. The topological polar surface area (TPSA) is 85.9 Å². The Bertz CT molecular complexity index is 984. The second kappa shape index (κ2) is 11.6. The fourth-order valence-electron chi connectivity index (χ4n) is 3.28. The molecule has 0 aliphatic rings. The quantitative estimate of drug-likeness (QED) is 0.464. The number of carbonyl (C=O) groups excluding carboxylic acids is 2. The Morgan fingerprint density at radius 1 is 0.606 bits per heavy atom. The van der Waals surface area contributed by atoms with E-state index in [1.165, 1.54) is 0 Å². The molecular weight excluding hydrogens is 420 g/mol. The number of hydrogen-bond acceptors (Lipinski definition) is 5. The molecule has 0 spiro atoms. The summed E-state index contributed by atoms with van der Waals surface area (Å²) in [7, 11) is 4.77. The van der Waals surface area contributed by atoms with Gasteiger partial charge in [0.15, 0.2) is 0 Å². The van der Waals surface area contributed by atoms with Gasteiger partial charge >= 0.3 is 0 Å². The highest BCUT2D eigenvalue weighted by atomic mass is 16.5. The van der Waals surface area contributed by atoms with Crippen LogP contribution in [0.1, 0.15) is 22.9 Å². The van der Waals surface area contributed by atoms with Crippen molar-refractivity contribution in [2.24, 2.45) is 0 Å². The van der Waals surface area contributed by atoms with Crippen molar-refractivity contribution in [2.45, 2.75) is 19.0 Å². The third-order valence-corrected chi connectivity index (χ3v) is 5.11. The van der Waals surface area contributed by atoms with E-state index in [0.717, 1.165) is 28.2 Å². The number of carbonyl (C=O) groups is 2. The predicted molar refractivity (Wildman–Crippen MR) is 125 cm³/mol. The fourth-order valence-corrected chi connectivity index (χ4v) is 3.28. The number of benzene rings is 3. The zero-order chi connectivity index (χ0) is 23.6. The molecule has 0 saturated heterocycles. The summed E-state index contributed by atoms with van der Waals surface area (Å²) in [6.45, 7) is 0. The van der Waals surface area contributed by atoms with Gasteiger partial charge in [0.05, 0.1) is 34.2 Å². The summed E-state index contributed by atoms with van der Waals surface area (Å²) < 4.78 is 15.5. The van der Waals surface area contributed by atoms with Gasteiger partial charge in [0.25, 0.3) is 0 Å². The fraction of sp³-hybridized carbons (Fsp3) is 0.231. The van der Waals surface area contributed by atoms with Gasteiger partial charge in [0.1, 0.15) is 23.4 Å². The molecule has 3 aromatic rings. The molecule has 33 heavy (non-hydrogen) atoms. The van der Waals surface area contributed by atoms with Gasteiger partial charge in [-0.25, -0.2) is 0 Å². The first-order chi connectivity index (χ1) is 16.0. The van der Waals surface area contributed by atoms with Crippen molar-refractivity contribution < 1.29 is 23.8 Å². The van der Waals surface area contributed by atoms with Crippen LogP contribution in [-0.2, 0) is 22.4 Å². The van der Waals surface area contributed by atoms with Gasteiger partial charge in [-0.05, 0) is 53.1 Å². The highest BCUT2D eigenvalue weighted by Gasteiger charge is 2.18. The Morgan fingerprint density at radius 2 is 0.939 bits per heavy atom. The molecular formula is C26H28N2O5. The molecule has 0 saturated carbocycles. The second-order valence-corrected chi connectivity index (χ2v) is 7.39. The van der Waals surface area contributed by atoms with Crippen molar-refractivity contribution in [3.8, 4) is 17.2 Å². The van der Waals surface area contributed by atoms with Crippen LogP contribution in [0.2, 0.25) is 0 Å². The lowest BCUT2D eigenvalue weighted by Gasteiger charge is -2.21. The molecule has 172 valence electrons. The lowest BCUT2D eigenvalue weighted by molar-refractivity contribution is -0.123. The van der Waals surface area contributed by atoms with E-state index in [4.69, 9.17) is 14.2 Å². The number of hydrogen-bond donors (Lipinski definition) is 2. The first-order valence-electron chi connectivity index (χ1n) is 10.5. The van der Waals surface area contributed by atoms with Crippen LogP contribution in [0.5, 0.6) is 17.2 Å². The summed E-state index contributed by atoms with van der Waals surface area (Å²) in [6.07, 6.45) is -0.344. The van der Waals surface area contributed by atoms with E-state index in [1.807, 2.05) is 36.4 Å². The highest BCUT2D eigenvalue weighted by molar-refractivity contribution is 5.82.